The van der Waals surface area contributed by atoms with Crippen LogP contribution in [0.2, 0.25) is 0 Å². The smallest absolute Gasteiger partial charge is 0.186 e. The van der Waals surface area contributed by atoms with Crippen LogP contribution >= 0.6 is 11.3 Å². The summed E-state index contributed by atoms with van der Waals surface area (Å²) in [6, 6.07) is 9.28. The van der Waals surface area contributed by atoms with Crippen molar-refractivity contribution in [2.24, 2.45) is 0 Å². The molecular formula is C30H38F2N8O2S. The number of ether oxygens (including phenoxy) is 1. The van der Waals surface area contributed by atoms with Crippen molar-refractivity contribution < 1.29 is 18.6 Å². The Kier molecular flexibility index (Phi) is 8.87. The van der Waals surface area contributed by atoms with Crippen molar-refractivity contribution >= 4 is 32.4 Å². The number of rotatable bonds is 10. The maximum Gasteiger partial charge on any atom is 0.186 e. The Morgan fingerprint density at radius 3 is 2.58 bits per heavy atom. The largest absolute Gasteiger partial charge is 0.381 e. The fourth-order valence-corrected chi connectivity index (χ4v) is 7.02. The summed E-state index contributed by atoms with van der Waals surface area (Å²) in [6.07, 6.45) is 2.85. The third kappa shape index (κ3) is 6.50. The first kappa shape index (κ1) is 29.8. The summed E-state index contributed by atoms with van der Waals surface area (Å²) in [5, 5.41) is 17.1. The minimum absolute atomic E-state index is 0.0158. The molecule has 0 saturated carbocycles. The first-order valence-electron chi connectivity index (χ1n) is 14.7. The average Bonchev–Trinajstić information content (AvgIpc) is 3.69. The normalized spacial score (nSPS) is 19.0. The number of nitrogens with zero attached hydrogens (tertiary/aromatic N) is 8. The first-order chi connectivity index (χ1) is 20.8. The maximum absolute atomic E-state index is 15.0. The lowest BCUT2D eigenvalue weighted by Crippen LogP contribution is -2.57. The van der Waals surface area contributed by atoms with Gasteiger partial charge in [0.2, 0.25) is 0 Å². The molecule has 2 aromatic heterocycles. The minimum Gasteiger partial charge on any atom is -0.381 e. The van der Waals surface area contributed by atoms with Gasteiger partial charge in [-0.25, -0.2) is 23.4 Å². The molecule has 2 aliphatic heterocycles. The molecule has 13 heteroatoms. The molecule has 4 aromatic rings. The van der Waals surface area contributed by atoms with Crippen molar-refractivity contribution in [3.05, 3.63) is 66.3 Å². The summed E-state index contributed by atoms with van der Waals surface area (Å²) in [5.74, 6) is -1.47. The van der Waals surface area contributed by atoms with Crippen LogP contribution in [0.1, 0.15) is 12.5 Å². The predicted octanol–water partition coefficient (Wildman–Crippen LogP) is 3.03. The van der Waals surface area contributed by atoms with Gasteiger partial charge in [0, 0.05) is 82.8 Å². The summed E-state index contributed by atoms with van der Waals surface area (Å²) in [6.45, 7) is 10.1. The van der Waals surface area contributed by atoms with Gasteiger partial charge in [0.25, 0.3) is 0 Å². The minimum atomic E-state index is -1.66. The number of benzene rings is 2. The van der Waals surface area contributed by atoms with E-state index >= 15 is 4.39 Å². The number of halogens is 2. The summed E-state index contributed by atoms with van der Waals surface area (Å²) >= 11 is 1.69. The van der Waals surface area contributed by atoms with Crippen LogP contribution in [0, 0.1) is 11.6 Å². The Hall–Kier alpha value is -3.23. The van der Waals surface area contributed by atoms with Gasteiger partial charge in [-0.2, -0.15) is 5.10 Å². The lowest BCUT2D eigenvalue weighted by atomic mass is 9.85. The van der Waals surface area contributed by atoms with E-state index in [0.717, 1.165) is 60.8 Å². The molecule has 1 N–H and O–H groups in total. The molecular weight excluding hydrogens is 574 g/mol. The fourth-order valence-electron chi connectivity index (χ4n) is 5.97. The van der Waals surface area contributed by atoms with Gasteiger partial charge < -0.3 is 19.6 Å². The molecule has 4 heterocycles. The standard InChI is InChI=1S/C30H38F2N8O2S/c1-22(30(41,19-40-21-33-20-34-40)25-5-3-23(31)17-26(25)32)38-9-11-39(12-10-38)29-35-27-6-4-24(18-28(27)43-29)36(2)7-8-37-13-15-42-16-14-37/h3-6,17-18,20-22,41H,7-16,19H2,1-2H3. The van der Waals surface area contributed by atoms with Crippen LogP contribution in [0.4, 0.5) is 19.6 Å². The number of hydrogen-bond donors (Lipinski definition) is 1. The molecule has 10 nitrogen and oxygen atoms in total. The van der Waals surface area contributed by atoms with Crippen molar-refractivity contribution in [2.45, 2.75) is 25.1 Å². The highest BCUT2D eigenvalue weighted by Gasteiger charge is 2.42. The summed E-state index contributed by atoms with van der Waals surface area (Å²) in [5.41, 5.74) is 0.536. The highest BCUT2D eigenvalue weighted by atomic mass is 32.1. The van der Waals surface area contributed by atoms with Gasteiger partial charge in [-0.3, -0.25) is 9.80 Å². The van der Waals surface area contributed by atoms with Crippen LogP contribution in [-0.2, 0) is 16.9 Å². The molecule has 0 amide bonds. The van der Waals surface area contributed by atoms with Crippen LogP contribution in [0.3, 0.4) is 0 Å². The second kappa shape index (κ2) is 12.8. The van der Waals surface area contributed by atoms with Crippen molar-refractivity contribution in [2.75, 3.05) is 82.4 Å². The third-order valence-electron chi connectivity index (χ3n) is 8.75. The van der Waals surface area contributed by atoms with Gasteiger partial charge in [0.15, 0.2) is 5.13 Å². The molecule has 2 saturated heterocycles. The molecule has 2 fully saturated rings. The third-order valence-corrected chi connectivity index (χ3v) is 9.83. The molecule has 43 heavy (non-hydrogen) atoms. The number of piperazine rings is 1. The zero-order valence-electron chi connectivity index (χ0n) is 24.6. The van der Waals surface area contributed by atoms with Gasteiger partial charge in [0.1, 0.15) is 29.9 Å². The number of fused-ring (bicyclic) bond motifs is 1. The Labute approximate surface area is 254 Å². The van der Waals surface area contributed by atoms with Crippen molar-refractivity contribution in [1.82, 2.24) is 29.5 Å². The average molecular weight is 613 g/mol. The SMILES string of the molecule is CC(N1CCN(c2nc3ccc(N(C)CCN4CCOCC4)cc3s2)CC1)C(O)(Cn1cncn1)c1ccc(F)cc1F. The van der Waals surface area contributed by atoms with Crippen LogP contribution in [0.5, 0.6) is 0 Å². The number of likely N-dealkylation sites (N-methyl/N-ethyl adjacent to an activating group) is 1. The van der Waals surface area contributed by atoms with Gasteiger partial charge in [-0.05, 0) is 31.2 Å². The number of anilines is 2. The van der Waals surface area contributed by atoms with Gasteiger partial charge in [-0.15, -0.1) is 0 Å². The van der Waals surface area contributed by atoms with Crippen LogP contribution in [0.25, 0.3) is 10.2 Å². The predicted molar refractivity (Wildman–Crippen MR) is 164 cm³/mol. The van der Waals surface area contributed by atoms with Crippen molar-refractivity contribution in [3.63, 3.8) is 0 Å². The van der Waals surface area contributed by atoms with E-state index < -0.39 is 23.3 Å². The van der Waals surface area contributed by atoms with E-state index in [-0.39, 0.29) is 12.1 Å². The van der Waals surface area contributed by atoms with Gasteiger partial charge >= 0.3 is 0 Å². The van der Waals surface area contributed by atoms with Crippen LogP contribution in [-0.4, -0.2) is 113 Å². The number of aromatic nitrogens is 4. The highest BCUT2D eigenvalue weighted by Crippen LogP contribution is 2.35. The molecule has 6 rings (SSSR count). The molecule has 230 valence electrons. The maximum atomic E-state index is 15.0. The molecule has 0 spiro atoms. The van der Waals surface area contributed by atoms with Crippen molar-refractivity contribution in [3.8, 4) is 0 Å². The monoisotopic (exact) mass is 612 g/mol. The second-order valence-corrected chi connectivity index (χ2v) is 12.4. The first-order valence-corrected chi connectivity index (χ1v) is 15.5. The molecule has 2 unspecified atom stereocenters. The lowest BCUT2D eigenvalue weighted by molar-refractivity contribution is -0.0650. The summed E-state index contributed by atoms with van der Waals surface area (Å²) in [4.78, 5) is 18.0. The Morgan fingerprint density at radius 2 is 1.86 bits per heavy atom. The van der Waals surface area contributed by atoms with Crippen LogP contribution in [0.15, 0.2) is 49.1 Å². The Balaban J connectivity index is 1.12. The lowest BCUT2D eigenvalue weighted by Gasteiger charge is -2.44. The highest BCUT2D eigenvalue weighted by molar-refractivity contribution is 7.22. The van der Waals surface area contributed by atoms with E-state index in [2.05, 4.69) is 54.9 Å². The van der Waals surface area contributed by atoms with Crippen molar-refractivity contribution in [1.29, 1.82) is 0 Å². The molecule has 2 atom stereocenters. The number of thiazole rings is 1. The molecule has 0 bridgehead atoms. The summed E-state index contributed by atoms with van der Waals surface area (Å²) in [7, 11) is 2.13. The van der Waals surface area contributed by atoms with Gasteiger partial charge in [-0.1, -0.05) is 17.4 Å². The second-order valence-electron chi connectivity index (χ2n) is 11.4. The van der Waals surface area contributed by atoms with E-state index in [1.807, 2.05) is 6.92 Å². The van der Waals surface area contributed by atoms with E-state index in [0.29, 0.717) is 26.2 Å². The number of morpholine rings is 1. The topological polar surface area (TPSA) is 86.0 Å². The molecule has 2 aliphatic rings. The Morgan fingerprint density at radius 1 is 1.07 bits per heavy atom. The summed E-state index contributed by atoms with van der Waals surface area (Å²) < 4.78 is 36.8. The molecule has 2 aromatic carbocycles. The van der Waals surface area contributed by atoms with E-state index in [1.165, 1.54) is 35.2 Å². The van der Waals surface area contributed by atoms with E-state index in [4.69, 9.17) is 9.72 Å². The van der Waals surface area contributed by atoms with E-state index in [1.54, 1.807) is 11.3 Å². The zero-order valence-corrected chi connectivity index (χ0v) is 25.4. The number of hydrogen-bond acceptors (Lipinski definition) is 10. The fraction of sp³-hybridized carbons (Fsp3) is 0.500. The quantitative estimate of drug-likeness (QED) is 0.291. The van der Waals surface area contributed by atoms with Crippen LogP contribution < -0.4 is 9.80 Å². The van der Waals surface area contributed by atoms with Gasteiger partial charge in [0.05, 0.1) is 30.0 Å². The zero-order chi connectivity index (χ0) is 30.0. The molecule has 0 aliphatic carbocycles. The number of aliphatic hydroxyl groups is 1. The molecule has 0 radical (unpaired) electrons. The Bertz CT molecular complexity index is 1510. The van der Waals surface area contributed by atoms with E-state index in [9.17, 15) is 9.50 Å².